The number of benzene rings is 3. The van der Waals surface area contributed by atoms with Crippen molar-refractivity contribution in [3.63, 3.8) is 0 Å². The van der Waals surface area contributed by atoms with Gasteiger partial charge in [0, 0.05) is 32.4 Å². The van der Waals surface area contributed by atoms with E-state index in [1.807, 2.05) is 18.2 Å². The van der Waals surface area contributed by atoms with Gasteiger partial charge in [0.25, 0.3) is 0 Å². The molecule has 2 nitrogen and oxygen atoms in total. The van der Waals surface area contributed by atoms with Gasteiger partial charge in [0.1, 0.15) is 49.7 Å². The van der Waals surface area contributed by atoms with E-state index in [1.165, 1.54) is 40.9 Å². The summed E-state index contributed by atoms with van der Waals surface area (Å²) in [6.45, 7) is 5.20. The van der Waals surface area contributed by atoms with E-state index in [2.05, 4.69) is 0 Å². The summed E-state index contributed by atoms with van der Waals surface area (Å²) in [5.74, 6) is 0.0788. The number of piperazine rings is 1. The van der Waals surface area contributed by atoms with Gasteiger partial charge in [-0.25, -0.2) is 13.2 Å². The van der Waals surface area contributed by atoms with Crippen molar-refractivity contribution in [3.05, 3.63) is 88.2 Å². The summed E-state index contributed by atoms with van der Waals surface area (Å²) in [6, 6.07) is 15.0. The van der Waals surface area contributed by atoms with Crippen molar-refractivity contribution in [3.8, 4) is 0 Å². The fourth-order valence-corrected chi connectivity index (χ4v) is 7.18. The fourth-order valence-electron chi connectivity index (χ4n) is 4.88. The lowest BCUT2D eigenvalue weighted by Crippen LogP contribution is -3.28. The third kappa shape index (κ3) is 5.44. The highest BCUT2D eigenvalue weighted by molar-refractivity contribution is 7.99. The zero-order valence-electron chi connectivity index (χ0n) is 18.6. The highest BCUT2D eigenvalue weighted by atomic mass is 35.5. The Morgan fingerprint density at radius 1 is 0.882 bits per heavy atom. The van der Waals surface area contributed by atoms with Crippen LogP contribution in [0.2, 0.25) is 5.02 Å². The highest BCUT2D eigenvalue weighted by Gasteiger charge is 2.35. The van der Waals surface area contributed by atoms with Crippen molar-refractivity contribution in [1.82, 2.24) is 0 Å². The first-order valence-corrected chi connectivity index (χ1v) is 13.7. The summed E-state index contributed by atoms with van der Waals surface area (Å²) >= 11 is 9.40. The van der Waals surface area contributed by atoms with Crippen LogP contribution in [0, 0.1) is 17.5 Å². The van der Waals surface area contributed by atoms with E-state index in [1.54, 1.807) is 28.8 Å². The van der Waals surface area contributed by atoms with Crippen LogP contribution in [0.25, 0.3) is 0 Å². The minimum absolute atomic E-state index is 0.142. The summed E-state index contributed by atoms with van der Waals surface area (Å²) in [4.78, 5) is 5.82. The van der Waals surface area contributed by atoms with Crippen molar-refractivity contribution >= 4 is 35.1 Å². The predicted molar refractivity (Wildman–Crippen MR) is 132 cm³/mol. The molecular formula is C26H26ClF3N2S2+2. The van der Waals surface area contributed by atoms with Gasteiger partial charge >= 0.3 is 0 Å². The van der Waals surface area contributed by atoms with E-state index in [0.717, 1.165) is 70.7 Å². The number of quaternary nitrogens is 2. The van der Waals surface area contributed by atoms with Crippen LogP contribution < -0.4 is 9.80 Å². The van der Waals surface area contributed by atoms with Crippen LogP contribution in [0.1, 0.15) is 17.2 Å². The number of hydrogen-bond donors (Lipinski definition) is 2. The van der Waals surface area contributed by atoms with Crippen molar-refractivity contribution in [2.24, 2.45) is 0 Å². The molecule has 3 aromatic rings. The second kappa shape index (κ2) is 10.5. The van der Waals surface area contributed by atoms with Crippen LogP contribution in [0.15, 0.2) is 69.3 Å². The summed E-state index contributed by atoms with van der Waals surface area (Å²) in [6.07, 6.45) is 0.780. The standard InChI is InChI=1S/C26H24ClF3N2S2/c27-22-15-21-24(13-17-1-2-19(29)14-25(17)34-26(21)16-23(22)30)32-9-7-31(8-10-32)11-12-33-20-5-3-18(28)4-6-20/h1-6,14-16,24H,7-13H2/p+2/t24-/m1/s1. The molecule has 2 N–H and O–H groups in total. The molecule has 0 unspecified atom stereocenters. The van der Waals surface area contributed by atoms with Crippen molar-refractivity contribution in [2.45, 2.75) is 27.1 Å². The zero-order valence-corrected chi connectivity index (χ0v) is 20.9. The van der Waals surface area contributed by atoms with Gasteiger partial charge < -0.3 is 9.80 Å². The average Bonchev–Trinajstić information content (AvgIpc) is 2.97. The summed E-state index contributed by atoms with van der Waals surface area (Å²) in [7, 11) is 0. The molecule has 1 saturated heterocycles. The van der Waals surface area contributed by atoms with E-state index < -0.39 is 5.82 Å². The van der Waals surface area contributed by atoms with Crippen molar-refractivity contribution in [2.75, 3.05) is 38.5 Å². The molecule has 2 aliphatic rings. The predicted octanol–water partition coefficient (Wildman–Crippen LogP) is 4.08. The number of fused-ring (bicyclic) bond motifs is 2. The van der Waals surface area contributed by atoms with Crippen molar-refractivity contribution in [1.29, 1.82) is 0 Å². The van der Waals surface area contributed by atoms with Crippen LogP contribution in [0.4, 0.5) is 13.2 Å². The molecular weight excluding hydrogens is 497 g/mol. The lowest BCUT2D eigenvalue weighted by atomic mass is 9.96. The minimum atomic E-state index is -0.436. The number of hydrogen-bond acceptors (Lipinski definition) is 2. The van der Waals surface area contributed by atoms with E-state index in [-0.39, 0.29) is 22.7 Å². The van der Waals surface area contributed by atoms with Crippen LogP contribution in [-0.4, -0.2) is 38.5 Å². The average molecular weight is 523 g/mol. The maximum atomic E-state index is 14.3. The molecule has 0 saturated carbocycles. The van der Waals surface area contributed by atoms with Gasteiger partial charge in [-0.2, -0.15) is 0 Å². The maximum absolute atomic E-state index is 14.3. The Kier molecular flexibility index (Phi) is 7.46. The first-order valence-electron chi connectivity index (χ1n) is 11.5. The summed E-state index contributed by atoms with van der Waals surface area (Å²) in [5, 5.41) is 0.142. The lowest BCUT2D eigenvalue weighted by Gasteiger charge is -2.35. The third-order valence-electron chi connectivity index (χ3n) is 6.73. The molecule has 2 heterocycles. The lowest BCUT2D eigenvalue weighted by molar-refractivity contribution is -1.03. The molecule has 3 aromatic carbocycles. The molecule has 2 aliphatic heterocycles. The molecule has 5 rings (SSSR count). The van der Waals surface area contributed by atoms with E-state index in [0.29, 0.717) is 0 Å². The van der Waals surface area contributed by atoms with E-state index in [4.69, 9.17) is 11.6 Å². The molecule has 0 aliphatic carbocycles. The molecule has 0 amide bonds. The number of halogens is 4. The Labute approximate surface area is 211 Å². The molecule has 8 heteroatoms. The number of rotatable bonds is 5. The highest BCUT2D eigenvalue weighted by Crippen LogP contribution is 2.42. The van der Waals surface area contributed by atoms with Gasteiger partial charge in [-0.1, -0.05) is 29.4 Å². The Hall–Kier alpha value is -1.64. The van der Waals surface area contributed by atoms with Gasteiger partial charge in [0.2, 0.25) is 0 Å². The minimum Gasteiger partial charge on any atom is -0.325 e. The van der Waals surface area contributed by atoms with Gasteiger partial charge in [-0.15, -0.1) is 11.8 Å². The quantitative estimate of drug-likeness (QED) is 0.489. The Balaban J connectivity index is 1.27. The van der Waals surface area contributed by atoms with Crippen LogP contribution in [0.3, 0.4) is 0 Å². The Bertz CT molecular complexity index is 1170. The van der Waals surface area contributed by atoms with Crippen LogP contribution in [-0.2, 0) is 6.42 Å². The molecule has 1 fully saturated rings. The second-order valence-corrected chi connectivity index (χ2v) is 11.5. The fraction of sp³-hybridized carbons (Fsp3) is 0.308. The van der Waals surface area contributed by atoms with Crippen LogP contribution in [0.5, 0.6) is 0 Å². The molecule has 0 bridgehead atoms. The number of thioether (sulfide) groups is 1. The van der Waals surface area contributed by atoms with Gasteiger partial charge in [0.05, 0.1) is 11.6 Å². The summed E-state index contributed by atoms with van der Waals surface area (Å²) in [5.41, 5.74) is 2.15. The smallest absolute Gasteiger partial charge is 0.142 e. The van der Waals surface area contributed by atoms with Crippen molar-refractivity contribution < 1.29 is 23.0 Å². The first-order chi connectivity index (χ1) is 16.5. The SMILES string of the molecule is Fc1ccc(SCC[NH+]2CC[NH+]([C@@H]3Cc4ccc(F)cc4Sc4cc(F)c(Cl)cc43)CC2)cc1. The summed E-state index contributed by atoms with van der Waals surface area (Å²) < 4.78 is 41.4. The molecule has 1 atom stereocenters. The number of nitrogens with one attached hydrogen (secondary N) is 2. The topological polar surface area (TPSA) is 8.88 Å². The monoisotopic (exact) mass is 522 g/mol. The molecule has 0 spiro atoms. The largest absolute Gasteiger partial charge is 0.325 e. The molecule has 178 valence electrons. The molecule has 34 heavy (non-hydrogen) atoms. The Morgan fingerprint density at radius 3 is 2.38 bits per heavy atom. The van der Waals surface area contributed by atoms with Crippen LogP contribution >= 0.6 is 35.1 Å². The van der Waals surface area contributed by atoms with Gasteiger partial charge in [-0.05, 0) is 54.1 Å². The first kappa shape index (κ1) is 24.1. The van der Waals surface area contributed by atoms with E-state index in [9.17, 15) is 13.2 Å². The molecule has 0 radical (unpaired) electrons. The van der Waals surface area contributed by atoms with E-state index >= 15 is 0 Å². The zero-order chi connectivity index (χ0) is 23.7. The third-order valence-corrected chi connectivity index (χ3v) is 9.21. The normalized spacial score (nSPS) is 22.1. The van der Waals surface area contributed by atoms with Gasteiger partial charge in [0.15, 0.2) is 0 Å². The van der Waals surface area contributed by atoms with Gasteiger partial charge in [-0.3, -0.25) is 0 Å². The molecule has 0 aromatic heterocycles. The Morgan fingerprint density at radius 2 is 1.62 bits per heavy atom. The second-order valence-electron chi connectivity index (χ2n) is 8.88. The maximum Gasteiger partial charge on any atom is 0.142 e.